The van der Waals surface area contributed by atoms with Gasteiger partial charge in [0.15, 0.2) is 0 Å². The number of nitrogens with zero attached hydrogens (tertiary/aromatic N) is 3. The topological polar surface area (TPSA) is 88.9 Å². The Bertz CT molecular complexity index is 1010. The minimum Gasteiger partial charge on any atom is -0.272 e. The molecular formula is C20H18FN5O2S. The SMILES string of the molecule is O=C(/C=C/c1cn(Cc2ccccc2)nn1)NNC(=O)CSc1ccccc1F. The number of hydrazine groups is 1. The van der Waals surface area contributed by atoms with Crippen molar-refractivity contribution in [3.8, 4) is 0 Å². The van der Waals surface area contributed by atoms with E-state index < -0.39 is 17.6 Å². The van der Waals surface area contributed by atoms with Crippen LogP contribution in [0.25, 0.3) is 6.08 Å². The Morgan fingerprint density at radius 3 is 2.62 bits per heavy atom. The number of benzene rings is 2. The average Bonchev–Trinajstić information content (AvgIpc) is 3.18. The highest BCUT2D eigenvalue weighted by molar-refractivity contribution is 8.00. The first-order chi connectivity index (χ1) is 14.1. The zero-order valence-electron chi connectivity index (χ0n) is 15.3. The summed E-state index contributed by atoms with van der Waals surface area (Å²) in [6.45, 7) is 0.573. The average molecular weight is 411 g/mol. The molecule has 3 aromatic rings. The summed E-state index contributed by atoms with van der Waals surface area (Å²) < 4.78 is 15.2. The predicted molar refractivity (Wildman–Crippen MR) is 108 cm³/mol. The Labute approximate surface area is 171 Å². The van der Waals surface area contributed by atoms with Crippen molar-refractivity contribution in [2.75, 3.05) is 5.75 Å². The normalized spacial score (nSPS) is 10.8. The van der Waals surface area contributed by atoms with Crippen molar-refractivity contribution >= 4 is 29.7 Å². The summed E-state index contributed by atoms with van der Waals surface area (Å²) in [6.07, 6.45) is 4.44. The van der Waals surface area contributed by atoms with Crippen molar-refractivity contribution in [3.05, 3.63) is 83.9 Å². The second kappa shape index (κ2) is 10.2. The third-order valence-electron chi connectivity index (χ3n) is 3.67. The lowest BCUT2D eigenvalue weighted by Gasteiger charge is -2.05. The van der Waals surface area contributed by atoms with Crippen molar-refractivity contribution in [1.82, 2.24) is 25.8 Å². The van der Waals surface area contributed by atoms with Gasteiger partial charge in [0.25, 0.3) is 5.91 Å². The van der Waals surface area contributed by atoms with Gasteiger partial charge < -0.3 is 0 Å². The van der Waals surface area contributed by atoms with E-state index >= 15 is 0 Å². The van der Waals surface area contributed by atoms with Gasteiger partial charge in [-0.25, -0.2) is 9.07 Å². The molecule has 9 heteroatoms. The van der Waals surface area contributed by atoms with Gasteiger partial charge in [-0.2, -0.15) is 0 Å². The Morgan fingerprint density at radius 1 is 1.07 bits per heavy atom. The molecule has 2 aromatic carbocycles. The van der Waals surface area contributed by atoms with E-state index in [1.165, 1.54) is 18.2 Å². The number of hydrogen-bond acceptors (Lipinski definition) is 5. The van der Waals surface area contributed by atoms with Crippen LogP contribution in [-0.2, 0) is 16.1 Å². The maximum atomic E-state index is 13.5. The Hall–Kier alpha value is -3.46. The molecule has 0 radical (unpaired) electrons. The van der Waals surface area contributed by atoms with Crippen molar-refractivity contribution in [1.29, 1.82) is 0 Å². The smallest absolute Gasteiger partial charge is 0.262 e. The molecule has 0 aliphatic carbocycles. The molecule has 7 nitrogen and oxygen atoms in total. The summed E-state index contributed by atoms with van der Waals surface area (Å²) in [6, 6.07) is 16.0. The van der Waals surface area contributed by atoms with E-state index in [0.717, 1.165) is 17.3 Å². The molecular weight excluding hydrogens is 393 g/mol. The molecule has 0 fully saturated rings. The van der Waals surface area contributed by atoms with Crippen molar-refractivity contribution in [3.63, 3.8) is 0 Å². The zero-order chi connectivity index (χ0) is 20.5. The maximum absolute atomic E-state index is 13.5. The molecule has 0 atom stereocenters. The van der Waals surface area contributed by atoms with Crippen LogP contribution in [0.5, 0.6) is 0 Å². The van der Waals surface area contributed by atoms with Gasteiger partial charge in [0.05, 0.1) is 18.5 Å². The fourth-order valence-corrected chi connectivity index (χ4v) is 3.05. The minimum atomic E-state index is -0.521. The molecule has 3 rings (SSSR count). The molecule has 0 saturated carbocycles. The third kappa shape index (κ3) is 6.58. The molecule has 0 aliphatic rings. The molecule has 1 heterocycles. The first-order valence-corrected chi connectivity index (χ1v) is 9.67. The first-order valence-electron chi connectivity index (χ1n) is 8.68. The van der Waals surface area contributed by atoms with Crippen LogP contribution in [0.4, 0.5) is 4.39 Å². The summed E-state index contributed by atoms with van der Waals surface area (Å²) in [7, 11) is 0. The fraction of sp³-hybridized carbons (Fsp3) is 0.100. The van der Waals surface area contributed by atoms with E-state index in [-0.39, 0.29) is 5.75 Å². The van der Waals surface area contributed by atoms with Gasteiger partial charge >= 0.3 is 0 Å². The van der Waals surface area contributed by atoms with Gasteiger partial charge in [-0.1, -0.05) is 47.7 Å². The lowest BCUT2D eigenvalue weighted by atomic mass is 10.2. The van der Waals surface area contributed by atoms with Gasteiger partial charge in [0, 0.05) is 11.0 Å². The lowest BCUT2D eigenvalue weighted by Crippen LogP contribution is -2.41. The highest BCUT2D eigenvalue weighted by Crippen LogP contribution is 2.20. The summed E-state index contributed by atoms with van der Waals surface area (Å²) in [5.41, 5.74) is 6.13. The van der Waals surface area contributed by atoms with Gasteiger partial charge in [0.1, 0.15) is 11.5 Å². The van der Waals surface area contributed by atoms with Crippen LogP contribution in [0, 0.1) is 5.82 Å². The van der Waals surface area contributed by atoms with Crippen LogP contribution in [0.15, 0.2) is 71.8 Å². The molecule has 0 unspecified atom stereocenters. The predicted octanol–water partition coefficient (Wildman–Crippen LogP) is 2.42. The number of halogens is 1. The minimum absolute atomic E-state index is 0.0290. The van der Waals surface area contributed by atoms with Crippen LogP contribution in [0.3, 0.4) is 0 Å². The monoisotopic (exact) mass is 411 g/mol. The van der Waals surface area contributed by atoms with Crippen LogP contribution in [0.1, 0.15) is 11.3 Å². The van der Waals surface area contributed by atoms with Crippen LogP contribution < -0.4 is 10.9 Å². The first kappa shape index (κ1) is 20.3. The summed E-state index contributed by atoms with van der Waals surface area (Å²) in [4.78, 5) is 23.9. The van der Waals surface area contributed by atoms with Gasteiger partial charge in [-0.3, -0.25) is 20.4 Å². The number of hydrogen-bond donors (Lipinski definition) is 2. The molecule has 0 bridgehead atoms. The van der Waals surface area contributed by atoms with Gasteiger partial charge in [-0.15, -0.1) is 16.9 Å². The van der Waals surface area contributed by atoms with E-state index in [4.69, 9.17) is 0 Å². The molecule has 0 aliphatic heterocycles. The second-order valence-corrected chi connectivity index (χ2v) is 6.93. The lowest BCUT2D eigenvalue weighted by molar-refractivity contribution is -0.125. The number of aromatic nitrogens is 3. The standard InChI is InChI=1S/C20H18FN5O2S/c21-17-8-4-5-9-18(17)29-14-20(28)24-23-19(27)11-10-16-13-26(25-22-16)12-15-6-2-1-3-7-15/h1-11,13H,12,14H2,(H,23,27)(H,24,28)/b11-10+. The summed E-state index contributed by atoms with van der Waals surface area (Å²) >= 11 is 1.04. The number of nitrogens with one attached hydrogen (secondary N) is 2. The number of thioether (sulfide) groups is 1. The molecule has 0 saturated heterocycles. The van der Waals surface area contributed by atoms with E-state index in [2.05, 4.69) is 21.2 Å². The highest BCUT2D eigenvalue weighted by Gasteiger charge is 2.07. The summed E-state index contributed by atoms with van der Waals surface area (Å²) in [5.74, 6) is -1.39. The summed E-state index contributed by atoms with van der Waals surface area (Å²) in [5, 5.41) is 7.98. The molecule has 0 spiro atoms. The zero-order valence-corrected chi connectivity index (χ0v) is 16.1. The largest absolute Gasteiger partial charge is 0.272 e. The number of carbonyl (C=O) groups is 2. The highest BCUT2D eigenvalue weighted by atomic mass is 32.2. The van der Waals surface area contributed by atoms with Crippen molar-refractivity contribution in [2.24, 2.45) is 0 Å². The Kier molecular flexibility index (Phi) is 7.12. The Morgan fingerprint density at radius 2 is 1.83 bits per heavy atom. The van der Waals surface area contributed by atoms with E-state index in [0.29, 0.717) is 17.1 Å². The van der Waals surface area contributed by atoms with E-state index in [1.54, 1.807) is 29.1 Å². The van der Waals surface area contributed by atoms with E-state index in [1.807, 2.05) is 30.3 Å². The van der Waals surface area contributed by atoms with Crippen LogP contribution in [-0.4, -0.2) is 32.6 Å². The van der Waals surface area contributed by atoms with E-state index in [9.17, 15) is 14.0 Å². The molecule has 2 amide bonds. The Balaban J connectivity index is 1.41. The maximum Gasteiger partial charge on any atom is 0.262 e. The van der Waals surface area contributed by atoms with Crippen molar-refractivity contribution in [2.45, 2.75) is 11.4 Å². The fourth-order valence-electron chi connectivity index (χ4n) is 2.31. The molecule has 1 aromatic heterocycles. The quantitative estimate of drug-likeness (QED) is 0.354. The number of amides is 2. The van der Waals surface area contributed by atoms with Crippen LogP contribution in [0.2, 0.25) is 0 Å². The molecule has 2 N–H and O–H groups in total. The molecule has 148 valence electrons. The number of carbonyl (C=O) groups excluding carboxylic acids is 2. The molecule has 29 heavy (non-hydrogen) atoms. The van der Waals surface area contributed by atoms with Crippen molar-refractivity contribution < 1.29 is 14.0 Å². The third-order valence-corrected chi connectivity index (χ3v) is 4.72. The van der Waals surface area contributed by atoms with Crippen LogP contribution >= 0.6 is 11.8 Å². The second-order valence-electron chi connectivity index (χ2n) is 5.92. The van der Waals surface area contributed by atoms with Gasteiger partial charge in [-0.05, 0) is 23.8 Å². The number of rotatable bonds is 7. The van der Waals surface area contributed by atoms with Gasteiger partial charge in [0.2, 0.25) is 5.91 Å².